The van der Waals surface area contributed by atoms with Crippen LogP contribution < -0.4 is 5.32 Å². The van der Waals surface area contributed by atoms with Crippen molar-refractivity contribution in [2.45, 2.75) is 44.4 Å². The fourth-order valence-electron chi connectivity index (χ4n) is 4.43. The van der Waals surface area contributed by atoms with Crippen LogP contribution >= 0.6 is 11.6 Å². The standard InChI is InChI=1S/C22H22ClNO3/c1-27-22(26)18-9-8-17(12-19(18)23)24-21(25)16-10-14-6-2-4-13-5-3-7-15(11-16)20(13)14/h8-13H,2-7H2,1H3,(H,24,25). The van der Waals surface area contributed by atoms with Gasteiger partial charge in [-0.25, -0.2) is 4.79 Å². The van der Waals surface area contributed by atoms with Crippen molar-refractivity contribution in [3.05, 3.63) is 63.2 Å². The van der Waals surface area contributed by atoms with Gasteiger partial charge in [-0.1, -0.05) is 11.6 Å². The number of ether oxygens (including phenoxy) is 1. The van der Waals surface area contributed by atoms with E-state index in [4.69, 9.17) is 11.6 Å². The lowest BCUT2D eigenvalue weighted by Gasteiger charge is -2.32. The Morgan fingerprint density at radius 2 is 1.74 bits per heavy atom. The van der Waals surface area contributed by atoms with Crippen LogP contribution in [0.5, 0.6) is 0 Å². The van der Waals surface area contributed by atoms with Crippen LogP contribution in [0, 0.1) is 0 Å². The Labute approximate surface area is 163 Å². The number of halogens is 1. The van der Waals surface area contributed by atoms with Crippen molar-refractivity contribution in [2.24, 2.45) is 0 Å². The van der Waals surface area contributed by atoms with E-state index in [9.17, 15) is 9.59 Å². The molecular formula is C22H22ClNO3. The summed E-state index contributed by atoms with van der Waals surface area (Å²) in [6.07, 6.45) is 7.06. The summed E-state index contributed by atoms with van der Waals surface area (Å²) in [5.41, 5.74) is 5.72. The maximum Gasteiger partial charge on any atom is 0.339 e. The molecule has 0 fully saturated rings. The van der Waals surface area contributed by atoms with Gasteiger partial charge in [-0.05, 0) is 91.5 Å². The number of hydrogen-bond donors (Lipinski definition) is 1. The van der Waals surface area contributed by atoms with E-state index in [-0.39, 0.29) is 16.5 Å². The monoisotopic (exact) mass is 383 g/mol. The molecule has 0 atom stereocenters. The first-order valence-corrected chi connectivity index (χ1v) is 9.79. The van der Waals surface area contributed by atoms with Crippen molar-refractivity contribution in [3.8, 4) is 0 Å². The first kappa shape index (κ1) is 18.1. The van der Waals surface area contributed by atoms with E-state index in [0.717, 1.165) is 12.8 Å². The van der Waals surface area contributed by atoms with E-state index in [1.165, 1.54) is 49.5 Å². The van der Waals surface area contributed by atoms with E-state index in [0.29, 0.717) is 17.2 Å². The van der Waals surface area contributed by atoms with Crippen LogP contribution in [0.25, 0.3) is 0 Å². The van der Waals surface area contributed by atoms with Gasteiger partial charge in [0.1, 0.15) is 0 Å². The fraction of sp³-hybridized carbons (Fsp3) is 0.364. The van der Waals surface area contributed by atoms with Crippen LogP contribution in [0.2, 0.25) is 5.02 Å². The van der Waals surface area contributed by atoms with Crippen LogP contribution in [-0.2, 0) is 17.6 Å². The summed E-state index contributed by atoms with van der Waals surface area (Å²) in [7, 11) is 1.31. The topological polar surface area (TPSA) is 55.4 Å². The van der Waals surface area contributed by atoms with E-state index >= 15 is 0 Å². The first-order valence-electron chi connectivity index (χ1n) is 9.41. The van der Waals surface area contributed by atoms with Crippen molar-refractivity contribution in [1.82, 2.24) is 0 Å². The molecule has 0 aliphatic heterocycles. The largest absolute Gasteiger partial charge is 0.465 e. The second kappa shape index (κ2) is 7.35. The maximum atomic E-state index is 12.8. The Balaban J connectivity index is 1.59. The summed E-state index contributed by atoms with van der Waals surface area (Å²) in [6, 6.07) is 8.90. The Kier molecular flexibility index (Phi) is 4.92. The molecule has 2 aromatic rings. The van der Waals surface area contributed by atoms with Gasteiger partial charge in [0.05, 0.1) is 17.7 Å². The van der Waals surface area contributed by atoms with Crippen molar-refractivity contribution < 1.29 is 14.3 Å². The number of amides is 1. The third-order valence-corrected chi connectivity index (χ3v) is 5.96. The SMILES string of the molecule is COC(=O)c1ccc(NC(=O)c2cc3c4c(c2)CCCC4CCC3)cc1Cl. The van der Waals surface area contributed by atoms with E-state index in [1.54, 1.807) is 18.2 Å². The molecule has 4 nitrogen and oxygen atoms in total. The molecule has 2 aliphatic carbocycles. The first-order chi connectivity index (χ1) is 13.1. The lowest BCUT2D eigenvalue weighted by molar-refractivity contribution is 0.0601. The number of hydrogen-bond acceptors (Lipinski definition) is 3. The smallest absolute Gasteiger partial charge is 0.339 e. The Hall–Kier alpha value is -2.33. The number of rotatable bonds is 3. The molecule has 0 spiro atoms. The van der Waals surface area contributed by atoms with Gasteiger partial charge in [0.2, 0.25) is 0 Å². The Morgan fingerprint density at radius 3 is 2.33 bits per heavy atom. The summed E-state index contributed by atoms with van der Waals surface area (Å²) >= 11 is 6.15. The number of carbonyl (C=O) groups excluding carboxylic acids is 2. The number of aryl methyl sites for hydroxylation is 2. The van der Waals surface area contributed by atoms with Gasteiger partial charge >= 0.3 is 5.97 Å². The fourth-order valence-corrected chi connectivity index (χ4v) is 4.69. The summed E-state index contributed by atoms with van der Waals surface area (Å²) < 4.78 is 4.69. The minimum atomic E-state index is -0.499. The highest BCUT2D eigenvalue weighted by molar-refractivity contribution is 6.34. The quantitative estimate of drug-likeness (QED) is 0.747. The molecule has 0 unspecified atom stereocenters. The van der Waals surface area contributed by atoms with Gasteiger partial charge in [0.25, 0.3) is 5.91 Å². The number of nitrogens with one attached hydrogen (secondary N) is 1. The van der Waals surface area contributed by atoms with Gasteiger partial charge in [-0.2, -0.15) is 0 Å². The number of esters is 1. The van der Waals surface area contributed by atoms with E-state index < -0.39 is 5.97 Å². The predicted octanol–water partition coefficient (Wildman–Crippen LogP) is 5.14. The minimum absolute atomic E-state index is 0.149. The summed E-state index contributed by atoms with van der Waals surface area (Å²) in [6.45, 7) is 0. The van der Waals surface area contributed by atoms with Crippen LogP contribution in [0.1, 0.15) is 69.0 Å². The lowest BCUT2D eigenvalue weighted by atomic mass is 9.73. The van der Waals surface area contributed by atoms with Crippen molar-refractivity contribution in [1.29, 1.82) is 0 Å². The van der Waals surface area contributed by atoms with Gasteiger partial charge in [0.15, 0.2) is 0 Å². The Morgan fingerprint density at radius 1 is 1.07 bits per heavy atom. The van der Waals surface area contributed by atoms with Crippen molar-refractivity contribution in [2.75, 3.05) is 12.4 Å². The van der Waals surface area contributed by atoms with Crippen LogP contribution in [0.3, 0.4) is 0 Å². The molecular weight excluding hydrogens is 362 g/mol. The Bertz CT molecular complexity index is 891. The zero-order valence-corrected chi connectivity index (χ0v) is 16.1. The second-order valence-corrected chi connectivity index (χ2v) is 7.74. The lowest BCUT2D eigenvalue weighted by Crippen LogP contribution is -2.20. The van der Waals surface area contributed by atoms with E-state index in [1.807, 2.05) is 0 Å². The number of carbonyl (C=O) groups is 2. The average molecular weight is 384 g/mol. The molecule has 0 radical (unpaired) electrons. The third kappa shape index (κ3) is 3.46. The molecule has 1 amide bonds. The summed E-state index contributed by atoms with van der Waals surface area (Å²) in [4.78, 5) is 24.4. The minimum Gasteiger partial charge on any atom is -0.465 e. The zero-order chi connectivity index (χ0) is 19.0. The number of anilines is 1. The highest BCUT2D eigenvalue weighted by Gasteiger charge is 2.27. The van der Waals surface area contributed by atoms with Crippen LogP contribution in [-0.4, -0.2) is 19.0 Å². The van der Waals surface area contributed by atoms with Gasteiger partial charge in [0, 0.05) is 11.3 Å². The molecule has 0 saturated carbocycles. The molecule has 5 heteroatoms. The number of methoxy groups -OCH3 is 1. The average Bonchev–Trinajstić information content (AvgIpc) is 2.68. The summed E-state index contributed by atoms with van der Waals surface area (Å²) in [5, 5.41) is 3.15. The molecule has 1 N–H and O–H groups in total. The van der Waals surface area contributed by atoms with Crippen molar-refractivity contribution in [3.63, 3.8) is 0 Å². The number of benzene rings is 2. The van der Waals surface area contributed by atoms with Gasteiger partial charge in [-0.15, -0.1) is 0 Å². The predicted molar refractivity (Wildman–Crippen MR) is 106 cm³/mol. The molecule has 0 heterocycles. The van der Waals surface area contributed by atoms with Crippen LogP contribution in [0.4, 0.5) is 5.69 Å². The molecule has 2 aliphatic rings. The molecule has 140 valence electrons. The van der Waals surface area contributed by atoms with Crippen molar-refractivity contribution >= 4 is 29.2 Å². The highest BCUT2D eigenvalue weighted by Crippen LogP contribution is 2.41. The maximum absolute atomic E-state index is 12.8. The van der Waals surface area contributed by atoms with Gasteiger partial charge < -0.3 is 10.1 Å². The normalized spacial score (nSPS) is 15.8. The van der Waals surface area contributed by atoms with Crippen LogP contribution in [0.15, 0.2) is 30.3 Å². The zero-order valence-electron chi connectivity index (χ0n) is 15.3. The molecule has 0 saturated heterocycles. The molecule has 2 aromatic carbocycles. The third-order valence-electron chi connectivity index (χ3n) is 5.65. The molecule has 0 bridgehead atoms. The molecule has 27 heavy (non-hydrogen) atoms. The molecule has 4 rings (SSSR count). The molecule has 0 aromatic heterocycles. The van der Waals surface area contributed by atoms with Gasteiger partial charge in [-0.3, -0.25) is 4.79 Å². The second-order valence-electron chi connectivity index (χ2n) is 7.33. The summed E-state index contributed by atoms with van der Waals surface area (Å²) in [5.74, 6) is 0.0316. The van der Waals surface area contributed by atoms with E-state index in [2.05, 4.69) is 22.2 Å². The highest BCUT2D eigenvalue weighted by atomic mass is 35.5.